The molecular formula is C56H63NS. The van der Waals surface area contributed by atoms with Crippen LogP contribution in [0.4, 0.5) is 17.1 Å². The van der Waals surface area contributed by atoms with Crippen molar-refractivity contribution in [1.29, 1.82) is 0 Å². The van der Waals surface area contributed by atoms with Crippen molar-refractivity contribution in [2.75, 3.05) is 4.90 Å². The molecule has 0 amide bonds. The predicted octanol–water partition coefficient (Wildman–Crippen LogP) is 15.7. The number of nitrogens with zero attached hydrogens (tertiary/aromatic N) is 1. The van der Waals surface area contributed by atoms with Crippen LogP contribution < -0.4 is 4.90 Å². The van der Waals surface area contributed by atoms with E-state index in [1.807, 2.05) is 11.8 Å². The smallest absolute Gasteiger partial charge is 0.0473 e. The molecule has 0 aromatic heterocycles. The molecule has 0 unspecified atom stereocenters. The average molecular weight is 782 g/mol. The van der Waals surface area contributed by atoms with E-state index in [9.17, 15) is 0 Å². The summed E-state index contributed by atoms with van der Waals surface area (Å²) >= 11 is 2.04. The van der Waals surface area contributed by atoms with Gasteiger partial charge in [0.05, 0.1) is 0 Å². The van der Waals surface area contributed by atoms with Gasteiger partial charge in [-0.2, -0.15) is 0 Å². The average Bonchev–Trinajstić information content (AvgIpc) is 3.20. The zero-order chi connectivity index (χ0) is 40.0. The second-order valence-corrected chi connectivity index (χ2v) is 23.4. The molecule has 7 aliphatic rings. The minimum Gasteiger partial charge on any atom is -0.310 e. The van der Waals surface area contributed by atoms with Crippen LogP contribution in [0.1, 0.15) is 147 Å². The Balaban J connectivity index is 1.11. The van der Waals surface area contributed by atoms with Gasteiger partial charge in [0.1, 0.15) is 0 Å². The SMILES string of the molecule is CC1(C)CCC(C)(C)c2cc(N(c3ccc4c(c3)Sc3ccc(-c5ccccc5)cc3C43C4CC5CC(C4)CC3C5)c3ccc4c(c3)C(C)(C)CCC4(C)C)ccc21. The molecule has 6 aliphatic carbocycles. The maximum absolute atomic E-state index is 2.63. The highest BCUT2D eigenvalue weighted by atomic mass is 32.2. The maximum Gasteiger partial charge on any atom is 0.0473 e. The lowest BCUT2D eigenvalue weighted by Gasteiger charge is -2.63. The number of anilines is 3. The number of hydrogen-bond donors (Lipinski definition) is 0. The summed E-state index contributed by atoms with van der Waals surface area (Å²) in [6.45, 7) is 19.7. The van der Waals surface area contributed by atoms with Crippen LogP contribution in [0.3, 0.4) is 0 Å². The number of benzene rings is 5. The van der Waals surface area contributed by atoms with Crippen LogP contribution in [0.5, 0.6) is 0 Å². The Hall–Kier alpha value is -3.75. The van der Waals surface area contributed by atoms with Crippen LogP contribution in [0.25, 0.3) is 11.1 Å². The van der Waals surface area contributed by atoms with Crippen molar-refractivity contribution in [2.45, 2.75) is 150 Å². The van der Waals surface area contributed by atoms with E-state index in [2.05, 4.69) is 163 Å². The lowest BCUT2D eigenvalue weighted by molar-refractivity contribution is -0.0443. The standard InChI is InChI=1S/C56H63NS/c1-52(2)22-24-54(5,6)47-32-41(15-18-44(47)52)57(42-16-19-45-48(33-42)55(7,8)25-23-53(45,3)4)43-17-20-46-51(34-43)58-50-21-14-38(37-12-10-9-11-13-37)31-49(50)56(46)39-27-35-26-36(29-39)30-40(56)28-35/h9-21,31-36,39-40H,22-30H2,1-8H3. The van der Waals surface area contributed by atoms with Crippen LogP contribution >= 0.6 is 11.8 Å². The van der Waals surface area contributed by atoms with Crippen LogP contribution in [0.15, 0.2) is 113 Å². The molecule has 0 atom stereocenters. The first-order chi connectivity index (χ1) is 27.6. The topological polar surface area (TPSA) is 3.24 Å². The van der Waals surface area contributed by atoms with Crippen molar-refractivity contribution in [1.82, 2.24) is 0 Å². The number of fused-ring (bicyclic) bond motifs is 4. The molecule has 4 saturated carbocycles. The molecule has 1 aliphatic heterocycles. The summed E-state index contributed by atoms with van der Waals surface area (Å²) in [5, 5.41) is 0. The fraction of sp³-hybridized carbons (Fsp3) is 0.464. The van der Waals surface area contributed by atoms with Crippen molar-refractivity contribution in [3.63, 3.8) is 0 Å². The van der Waals surface area contributed by atoms with Crippen LogP contribution in [0.2, 0.25) is 0 Å². The largest absolute Gasteiger partial charge is 0.310 e. The van der Waals surface area contributed by atoms with Crippen LogP contribution in [0, 0.1) is 23.7 Å². The molecule has 2 heteroatoms. The highest BCUT2D eigenvalue weighted by Gasteiger charge is 2.61. The van der Waals surface area contributed by atoms with E-state index in [1.165, 1.54) is 118 Å². The van der Waals surface area contributed by atoms with Crippen molar-refractivity contribution >= 4 is 28.8 Å². The van der Waals surface area contributed by atoms with Gasteiger partial charge < -0.3 is 4.90 Å². The normalized spacial score (nSPS) is 28.6. The Morgan fingerprint density at radius 3 is 1.43 bits per heavy atom. The predicted molar refractivity (Wildman–Crippen MR) is 246 cm³/mol. The van der Waals surface area contributed by atoms with Gasteiger partial charge in [-0.05, 0) is 196 Å². The summed E-state index contributed by atoms with van der Waals surface area (Å²) in [5.74, 6) is 3.26. The monoisotopic (exact) mass is 781 g/mol. The van der Waals surface area contributed by atoms with Crippen molar-refractivity contribution in [2.24, 2.45) is 23.7 Å². The van der Waals surface area contributed by atoms with Gasteiger partial charge in [-0.3, -0.25) is 0 Å². The van der Waals surface area contributed by atoms with Gasteiger partial charge in [0.15, 0.2) is 0 Å². The minimum absolute atomic E-state index is 0.0837. The molecule has 12 rings (SSSR count). The third-order valence-electron chi connectivity index (χ3n) is 17.0. The third kappa shape index (κ3) is 5.48. The van der Waals surface area contributed by atoms with Crippen molar-refractivity contribution < 1.29 is 0 Å². The minimum atomic E-state index is 0.0837. The van der Waals surface area contributed by atoms with Gasteiger partial charge >= 0.3 is 0 Å². The van der Waals surface area contributed by atoms with E-state index in [0.29, 0.717) is 11.8 Å². The molecular weight excluding hydrogens is 719 g/mol. The summed E-state index contributed by atoms with van der Waals surface area (Å²) in [6, 6.07) is 41.4. The Morgan fingerprint density at radius 1 is 0.414 bits per heavy atom. The van der Waals surface area contributed by atoms with E-state index in [0.717, 1.165) is 11.8 Å². The lowest BCUT2D eigenvalue weighted by Crippen LogP contribution is -2.57. The first kappa shape index (κ1) is 37.3. The fourth-order valence-corrected chi connectivity index (χ4v) is 15.0. The Kier molecular flexibility index (Phi) is 8.12. The van der Waals surface area contributed by atoms with Crippen molar-refractivity contribution in [3.8, 4) is 11.1 Å². The molecule has 0 N–H and O–H groups in total. The molecule has 1 nitrogen and oxygen atoms in total. The lowest BCUT2D eigenvalue weighted by atomic mass is 9.42. The molecule has 1 spiro atoms. The van der Waals surface area contributed by atoms with Gasteiger partial charge in [-0.25, -0.2) is 0 Å². The summed E-state index contributed by atoms with van der Waals surface area (Å²) in [5.41, 5.74) is 16.6. The van der Waals surface area contributed by atoms with E-state index in [-0.39, 0.29) is 27.1 Å². The quantitative estimate of drug-likeness (QED) is 0.179. The van der Waals surface area contributed by atoms with Crippen LogP contribution in [-0.2, 0) is 27.1 Å². The molecule has 298 valence electrons. The van der Waals surface area contributed by atoms with E-state index in [1.54, 1.807) is 11.1 Å². The van der Waals surface area contributed by atoms with Crippen molar-refractivity contribution in [3.05, 3.63) is 137 Å². The molecule has 4 bridgehead atoms. The molecule has 0 saturated heterocycles. The van der Waals surface area contributed by atoms with E-state index >= 15 is 0 Å². The highest BCUT2D eigenvalue weighted by molar-refractivity contribution is 7.99. The van der Waals surface area contributed by atoms with Crippen LogP contribution in [-0.4, -0.2) is 0 Å². The first-order valence-corrected chi connectivity index (χ1v) is 23.6. The van der Waals surface area contributed by atoms with E-state index < -0.39 is 0 Å². The van der Waals surface area contributed by atoms with E-state index in [4.69, 9.17) is 0 Å². The Labute approximate surface area is 353 Å². The fourth-order valence-electron chi connectivity index (χ4n) is 13.8. The highest BCUT2D eigenvalue weighted by Crippen LogP contribution is 2.69. The van der Waals surface area contributed by atoms with Gasteiger partial charge in [-0.15, -0.1) is 0 Å². The maximum atomic E-state index is 2.63. The molecule has 58 heavy (non-hydrogen) atoms. The Bertz CT molecular complexity index is 2350. The first-order valence-electron chi connectivity index (χ1n) is 22.8. The number of rotatable bonds is 4. The van der Waals surface area contributed by atoms with Gasteiger partial charge in [-0.1, -0.05) is 122 Å². The zero-order valence-electron chi connectivity index (χ0n) is 36.3. The summed E-state index contributed by atoms with van der Waals surface area (Å²) in [7, 11) is 0. The summed E-state index contributed by atoms with van der Waals surface area (Å²) < 4.78 is 0. The molecule has 5 aromatic rings. The second kappa shape index (κ2) is 12.6. The van der Waals surface area contributed by atoms with Gasteiger partial charge in [0, 0.05) is 32.3 Å². The van der Waals surface area contributed by atoms with Gasteiger partial charge in [0.2, 0.25) is 0 Å². The Morgan fingerprint density at radius 2 is 0.897 bits per heavy atom. The zero-order valence-corrected chi connectivity index (χ0v) is 37.2. The van der Waals surface area contributed by atoms with Gasteiger partial charge in [0.25, 0.3) is 0 Å². The molecule has 5 aromatic carbocycles. The molecule has 4 fully saturated rings. The summed E-state index contributed by atoms with van der Waals surface area (Å²) in [4.78, 5) is 5.60. The summed E-state index contributed by atoms with van der Waals surface area (Å²) in [6.07, 6.45) is 11.9. The molecule has 1 heterocycles. The number of hydrogen-bond acceptors (Lipinski definition) is 2. The third-order valence-corrected chi connectivity index (χ3v) is 18.2. The molecule has 0 radical (unpaired) electrons. The second-order valence-electron chi connectivity index (χ2n) is 22.4.